The topological polar surface area (TPSA) is 26.0 Å². The quantitative estimate of drug-likeness (QED) is 0.908. The Labute approximate surface area is 98.6 Å². The molecule has 0 aromatic heterocycles. The molecule has 1 aromatic rings. The number of nitrogens with two attached hydrogens (primary N) is 1. The van der Waals surface area contributed by atoms with Crippen LogP contribution >= 0.6 is 27.7 Å². The van der Waals surface area contributed by atoms with E-state index in [1.165, 1.54) is 5.56 Å². The minimum Gasteiger partial charge on any atom is -0.326 e. The van der Waals surface area contributed by atoms with Gasteiger partial charge in [0.25, 0.3) is 0 Å². The Morgan fingerprint density at radius 2 is 2.07 bits per heavy atom. The van der Waals surface area contributed by atoms with Gasteiger partial charge in [0, 0.05) is 15.8 Å². The normalized spacial score (nSPS) is 15.1. The van der Waals surface area contributed by atoms with Gasteiger partial charge in [0.15, 0.2) is 0 Å². The van der Waals surface area contributed by atoms with Crippen molar-refractivity contribution in [2.45, 2.75) is 24.6 Å². The molecule has 1 aromatic carbocycles. The van der Waals surface area contributed by atoms with Crippen LogP contribution in [0.5, 0.6) is 0 Å². The van der Waals surface area contributed by atoms with Gasteiger partial charge in [-0.3, -0.25) is 0 Å². The van der Waals surface area contributed by atoms with Gasteiger partial charge in [0.1, 0.15) is 0 Å². The summed E-state index contributed by atoms with van der Waals surface area (Å²) in [5, 5.41) is 0.385. The van der Waals surface area contributed by atoms with Crippen LogP contribution in [0.4, 0.5) is 0 Å². The summed E-state index contributed by atoms with van der Waals surface area (Å²) in [6.45, 7) is 2.13. The highest BCUT2D eigenvalue weighted by atomic mass is 79.9. The molecule has 78 valence electrons. The molecule has 1 rings (SSSR count). The van der Waals surface area contributed by atoms with Crippen molar-refractivity contribution in [3.8, 4) is 0 Å². The van der Waals surface area contributed by atoms with Crippen molar-refractivity contribution < 1.29 is 0 Å². The molecule has 0 aliphatic carbocycles. The summed E-state index contributed by atoms with van der Waals surface area (Å²) in [6, 6.07) is 8.53. The predicted molar refractivity (Wildman–Crippen MR) is 68.7 cm³/mol. The third-order valence-electron chi connectivity index (χ3n) is 2.33. The number of thioether (sulfide) groups is 1. The van der Waals surface area contributed by atoms with Gasteiger partial charge in [-0.05, 0) is 24.3 Å². The number of halogens is 1. The second-order valence-corrected chi connectivity index (χ2v) is 5.08. The molecule has 0 radical (unpaired) electrons. The molecule has 2 atom stereocenters. The van der Waals surface area contributed by atoms with Gasteiger partial charge in [-0.2, -0.15) is 11.8 Å². The molecule has 2 N–H and O–H groups in total. The molecule has 0 heterocycles. The van der Waals surface area contributed by atoms with Gasteiger partial charge in [-0.1, -0.05) is 41.1 Å². The summed E-state index contributed by atoms with van der Waals surface area (Å²) in [7, 11) is 0. The summed E-state index contributed by atoms with van der Waals surface area (Å²) in [5.41, 5.74) is 7.39. The van der Waals surface area contributed by atoms with Crippen molar-refractivity contribution in [1.29, 1.82) is 0 Å². The SMILES string of the molecule is CCC(N)C(SC)c1ccccc1Br. The smallest absolute Gasteiger partial charge is 0.0456 e. The summed E-state index contributed by atoms with van der Waals surface area (Å²) in [5.74, 6) is 0. The summed E-state index contributed by atoms with van der Waals surface area (Å²) >= 11 is 5.38. The molecule has 1 nitrogen and oxygen atoms in total. The van der Waals surface area contributed by atoms with Gasteiger partial charge in [-0.15, -0.1) is 0 Å². The third kappa shape index (κ3) is 2.75. The van der Waals surface area contributed by atoms with E-state index in [9.17, 15) is 0 Å². The van der Waals surface area contributed by atoms with Gasteiger partial charge >= 0.3 is 0 Å². The van der Waals surface area contributed by atoms with E-state index < -0.39 is 0 Å². The van der Waals surface area contributed by atoms with Crippen LogP contribution in [0.1, 0.15) is 24.2 Å². The maximum atomic E-state index is 6.09. The van der Waals surface area contributed by atoms with Crippen LogP contribution in [-0.2, 0) is 0 Å². The zero-order valence-electron chi connectivity index (χ0n) is 8.53. The maximum absolute atomic E-state index is 6.09. The van der Waals surface area contributed by atoms with E-state index in [4.69, 9.17) is 5.73 Å². The minimum atomic E-state index is 0.226. The highest BCUT2D eigenvalue weighted by Crippen LogP contribution is 2.34. The Kier molecular flexibility index (Phi) is 4.99. The molecule has 0 fully saturated rings. The Bertz CT molecular complexity index is 290. The fourth-order valence-corrected chi connectivity index (χ4v) is 3.14. The maximum Gasteiger partial charge on any atom is 0.0456 e. The van der Waals surface area contributed by atoms with E-state index in [1.54, 1.807) is 0 Å². The molecule has 0 saturated heterocycles. The van der Waals surface area contributed by atoms with Crippen LogP contribution in [0, 0.1) is 0 Å². The largest absolute Gasteiger partial charge is 0.326 e. The molecule has 14 heavy (non-hydrogen) atoms. The third-order valence-corrected chi connectivity index (χ3v) is 4.16. The Morgan fingerprint density at radius 3 is 2.57 bits per heavy atom. The van der Waals surface area contributed by atoms with E-state index in [0.29, 0.717) is 5.25 Å². The molecule has 3 heteroatoms. The molecule has 0 saturated carbocycles. The van der Waals surface area contributed by atoms with E-state index in [2.05, 4.69) is 47.3 Å². The van der Waals surface area contributed by atoms with Crippen molar-refractivity contribution in [2.24, 2.45) is 5.73 Å². The predicted octanol–water partition coefficient (Wildman–Crippen LogP) is 3.59. The first-order chi connectivity index (χ1) is 6.70. The van der Waals surface area contributed by atoms with Gasteiger partial charge < -0.3 is 5.73 Å². The van der Waals surface area contributed by atoms with E-state index >= 15 is 0 Å². The van der Waals surface area contributed by atoms with E-state index in [0.717, 1.165) is 10.9 Å². The van der Waals surface area contributed by atoms with Crippen molar-refractivity contribution in [3.63, 3.8) is 0 Å². The zero-order chi connectivity index (χ0) is 10.6. The second kappa shape index (κ2) is 5.79. The van der Waals surface area contributed by atoms with Crippen molar-refractivity contribution >= 4 is 27.7 Å². The molecular formula is C11H16BrNS. The highest BCUT2D eigenvalue weighted by molar-refractivity contribution is 9.10. The van der Waals surface area contributed by atoms with Crippen LogP contribution in [-0.4, -0.2) is 12.3 Å². The Hall–Kier alpha value is 0.01000. The minimum absolute atomic E-state index is 0.226. The lowest BCUT2D eigenvalue weighted by atomic mass is 10.0. The second-order valence-electron chi connectivity index (χ2n) is 3.25. The molecule has 0 aliphatic rings. The van der Waals surface area contributed by atoms with Crippen LogP contribution in [0.25, 0.3) is 0 Å². The molecule has 0 aliphatic heterocycles. The molecular weight excluding hydrogens is 258 g/mol. The van der Waals surface area contributed by atoms with Gasteiger partial charge in [0.05, 0.1) is 0 Å². The summed E-state index contributed by atoms with van der Waals surface area (Å²) < 4.78 is 1.16. The zero-order valence-corrected chi connectivity index (χ0v) is 10.9. The van der Waals surface area contributed by atoms with Gasteiger partial charge in [-0.25, -0.2) is 0 Å². The number of hydrogen-bond acceptors (Lipinski definition) is 2. The summed E-state index contributed by atoms with van der Waals surface area (Å²) in [4.78, 5) is 0. The monoisotopic (exact) mass is 273 g/mol. The van der Waals surface area contributed by atoms with Crippen LogP contribution in [0.2, 0.25) is 0 Å². The fourth-order valence-electron chi connectivity index (χ4n) is 1.45. The molecule has 0 bridgehead atoms. The number of rotatable bonds is 4. The molecule has 0 spiro atoms. The van der Waals surface area contributed by atoms with Crippen LogP contribution < -0.4 is 5.73 Å². The first kappa shape index (κ1) is 12.1. The highest BCUT2D eigenvalue weighted by Gasteiger charge is 2.18. The van der Waals surface area contributed by atoms with Crippen molar-refractivity contribution in [2.75, 3.05) is 6.26 Å². The van der Waals surface area contributed by atoms with E-state index in [1.807, 2.05) is 17.8 Å². The van der Waals surface area contributed by atoms with Crippen molar-refractivity contribution in [1.82, 2.24) is 0 Å². The van der Waals surface area contributed by atoms with E-state index in [-0.39, 0.29) is 6.04 Å². The number of hydrogen-bond donors (Lipinski definition) is 1. The average molecular weight is 274 g/mol. The average Bonchev–Trinajstić information content (AvgIpc) is 2.21. The summed E-state index contributed by atoms with van der Waals surface area (Å²) in [6.07, 6.45) is 3.12. The lowest BCUT2D eigenvalue weighted by Crippen LogP contribution is -2.25. The molecule has 2 unspecified atom stereocenters. The Balaban J connectivity index is 2.94. The van der Waals surface area contributed by atoms with Crippen LogP contribution in [0.15, 0.2) is 28.7 Å². The first-order valence-corrected chi connectivity index (χ1v) is 6.81. The lowest BCUT2D eigenvalue weighted by molar-refractivity contribution is 0.634. The standard InChI is InChI=1S/C11H16BrNS/c1-3-10(13)11(14-2)8-6-4-5-7-9(8)12/h4-7,10-11H,3,13H2,1-2H3. The van der Waals surface area contributed by atoms with Crippen LogP contribution in [0.3, 0.4) is 0 Å². The Morgan fingerprint density at radius 1 is 1.43 bits per heavy atom. The lowest BCUT2D eigenvalue weighted by Gasteiger charge is -2.22. The number of benzene rings is 1. The molecule has 0 amide bonds. The van der Waals surface area contributed by atoms with Crippen molar-refractivity contribution in [3.05, 3.63) is 34.3 Å². The first-order valence-electron chi connectivity index (χ1n) is 4.73. The fraction of sp³-hybridized carbons (Fsp3) is 0.455. The van der Waals surface area contributed by atoms with Gasteiger partial charge in [0.2, 0.25) is 0 Å².